The van der Waals surface area contributed by atoms with E-state index < -0.39 is 23.9 Å². The molecule has 0 radical (unpaired) electrons. The van der Waals surface area contributed by atoms with Gasteiger partial charge in [-0.15, -0.1) is 0 Å². The zero-order valence-electron chi connectivity index (χ0n) is 11.3. The summed E-state index contributed by atoms with van der Waals surface area (Å²) < 4.78 is 4.55. The summed E-state index contributed by atoms with van der Waals surface area (Å²) in [5.41, 5.74) is -0.968. The Labute approximate surface area is 128 Å². The molecular formula is C14H8N2O7. The second-order valence-corrected chi connectivity index (χ2v) is 4.21. The summed E-state index contributed by atoms with van der Waals surface area (Å²) in [4.78, 5) is 52.3. The number of carbonyl (C=O) groups excluding carboxylic acids is 2. The first-order chi connectivity index (χ1) is 10.9. The van der Waals surface area contributed by atoms with Crippen molar-refractivity contribution in [2.45, 2.75) is 0 Å². The van der Waals surface area contributed by atoms with Crippen molar-refractivity contribution in [3.05, 3.63) is 59.2 Å². The highest BCUT2D eigenvalue weighted by Crippen LogP contribution is 2.09. The maximum absolute atomic E-state index is 11.8. The molecule has 9 nitrogen and oxygen atoms in total. The summed E-state index contributed by atoms with van der Waals surface area (Å²) in [7, 11) is 0. The van der Waals surface area contributed by atoms with Gasteiger partial charge in [0.05, 0.1) is 22.3 Å². The number of carboxylic acid groups (broad SMARTS) is 2. The lowest BCUT2D eigenvalue weighted by Crippen LogP contribution is -2.14. The van der Waals surface area contributed by atoms with E-state index in [9.17, 15) is 19.2 Å². The summed E-state index contributed by atoms with van der Waals surface area (Å²) in [6, 6.07) is 1.99. The van der Waals surface area contributed by atoms with E-state index in [0.29, 0.717) is 0 Å². The molecule has 0 saturated carbocycles. The van der Waals surface area contributed by atoms with E-state index in [2.05, 4.69) is 14.7 Å². The lowest BCUT2D eigenvalue weighted by atomic mass is 10.2. The fourth-order valence-corrected chi connectivity index (χ4v) is 1.54. The minimum absolute atomic E-state index is 0.236. The van der Waals surface area contributed by atoms with Crippen molar-refractivity contribution in [2.24, 2.45) is 0 Å². The highest BCUT2D eigenvalue weighted by Gasteiger charge is 2.18. The Morgan fingerprint density at radius 2 is 1.04 bits per heavy atom. The van der Waals surface area contributed by atoms with Crippen LogP contribution in [0.3, 0.4) is 0 Å². The fraction of sp³-hybridized carbons (Fsp3) is 0. The minimum Gasteiger partial charge on any atom is -0.478 e. The van der Waals surface area contributed by atoms with Crippen LogP contribution in [0.25, 0.3) is 0 Å². The molecule has 23 heavy (non-hydrogen) atoms. The van der Waals surface area contributed by atoms with Gasteiger partial charge in [0, 0.05) is 24.8 Å². The van der Waals surface area contributed by atoms with Gasteiger partial charge in [0.2, 0.25) is 0 Å². The van der Waals surface area contributed by atoms with E-state index in [1.54, 1.807) is 0 Å². The maximum atomic E-state index is 11.8. The molecule has 2 aromatic heterocycles. The highest BCUT2D eigenvalue weighted by atomic mass is 16.6. The largest absolute Gasteiger partial charge is 0.478 e. The van der Waals surface area contributed by atoms with E-state index in [0.717, 1.165) is 36.9 Å². The molecule has 0 aliphatic rings. The van der Waals surface area contributed by atoms with Crippen molar-refractivity contribution in [3.63, 3.8) is 0 Å². The molecule has 0 fully saturated rings. The van der Waals surface area contributed by atoms with E-state index >= 15 is 0 Å². The van der Waals surface area contributed by atoms with Crippen molar-refractivity contribution in [1.82, 2.24) is 9.97 Å². The Bertz CT molecular complexity index is 749. The molecule has 0 aromatic carbocycles. The molecule has 0 bridgehead atoms. The van der Waals surface area contributed by atoms with Gasteiger partial charge < -0.3 is 14.9 Å². The standard InChI is InChI=1S/C14H8N2O7/c17-11(18)7-1-9(5-15-3-7)13(21)23-14(22)10-2-8(12(19)20)4-16-6-10/h1-6H,(H,17,18)(H,19,20). The number of pyridine rings is 2. The number of hydrogen-bond donors (Lipinski definition) is 2. The van der Waals surface area contributed by atoms with Crippen molar-refractivity contribution in [1.29, 1.82) is 0 Å². The topological polar surface area (TPSA) is 144 Å². The normalized spacial score (nSPS) is 9.91. The zero-order chi connectivity index (χ0) is 17.0. The van der Waals surface area contributed by atoms with Crippen LogP contribution in [0.1, 0.15) is 41.4 Å². The molecule has 0 unspecified atom stereocenters. The van der Waals surface area contributed by atoms with Crippen LogP contribution in [0.4, 0.5) is 0 Å². The van der Waals surface area contributed by atoms with Crippen LogP contribution >= 0.6 is 0 Å². The average molecular weight is 316 g/mol. The number of nitrogens with zero attached hydrogens (tertiary/aromatic N) is 2. The minimum atomic E-state index is -1.29. The number of carboxylic acids is 2. The first kappa shape index (κ1) is 15.8. The van der Waals surface area contributed by atoms with Crippen LogP contribution in [0.5, 0.6) is 0 Å². The van der Waals surface area contributed by atoms with Crippen molar-refractivity contribution in [2.75, 3.05) is 0 Å². The first-order valence-electron chi connectivity index (χ1n) is 6.01. The van der Waals surface area contributed by atoms with E-state index in [1.807, 2.05) is 0 Å². The van der Waals surface area contributed by atoms with Gasteiger partial charge in [-0.1, -0.05) is 0 Å². The summed E-state index contributed by atoms with van der Waals surface area (Å²) in [5, 5.41) is 17.6. The van der Waals surface area contributed by atoms with Crippen molar-refractivity contribution < 1.29 is 34.1 Å². The Hall–Kier alpha value is -3.62. The molecule has 2 rings (SSSR count). The Morgan fingerprint density at radius 3 is 1.39 bits per heavy atom. The van der Waals surface area contributed by atoms with E-state index in [-0.39, 0.29) is 22.3 Å². The smallest absolute Gasteiger partial charge is 0.347 e. The van der Waals surface area contributed by atoms with Gasteiger partial charge in [-0.05, 0) is 12.1 Å². The van der Waals surface area contributed by atoms with Gasteiger partial charge in [0.1, 0.15) is 0 Å². The molecule has 0 atom stereocenters. The number of esters is 2. The second kappa shape index (κ2) is 6.43. The molecule has 116 valence electrons. The van der Waals surface area contributed by atoms with Gasteiger partial charge in [-0.2, -0.15) is 0 Å². The third kappa shape index (κ3) is 3.73. The molecule has 2 aromatic rings. The maximum Gasteiger partial charge on any atom is 0.347 e. The second-order valence-electron chi connectivity index (χ2n) is 4.21. The van der Waals surface area contributed by atoms with Crippen LogP contribution < -0.4 is 0 Å². The number of aromatic carboxylic acids is 2. The summed E-state index contributed by atoms with van der Waals surface area (Å²) in [6.45, 7) is 0. The molecule has 0 spiro atoms. The van der Waals surface area contributed by atoms with Gasteiger partial charge in [0.15, 0.2) is 0 Å². The Kier molecular flexibility index (Phi) is 4.41. The molecule has 9 heteroatoms. The molecule has 0 aliphatic carbocycles. The number of aromatic nitrogens is 2. The third-order valence-corrected chi connectivity index (χ3v) is 2.63. The summed E-state index contributed by atoms with van der Waals surface area (Å²) >= 11 is 0. The van der Waals surface area contributed by atoms with Crippen LogP contribution in [-0.2, 0) is 4.74 Å². The van der Waals surface area contributed by atoms with Gasteiger partial charge in [-0.25, -0.2) is 19.2 Å². The summed E-state index contributed by atoms with van der Waals surface area (Å²) in [6.07, 6.45) is 4.13. The quantitative estimate of drug-likeness (QED) is 0.620. The number of rotatable bonds is 4. The van der Waals surface area contributed by atoms with Gasteiger partial charge in [-0.3, -0.25) is 9.97 Å². The number of carbonyl (C=O) groups is 4. The Balaban J connectivity index is 2.18. The third-order valence-electron chi connectivity index (χ3n) is 2.63. The predicted molar refractivity (Wildman–Crippen MR) is 72.1 cm³/mol. The molecule has 0 aliphatic heterocycles. The summed E-state index contributed by atoms with van der Waals surface area (Å²) in [5.74, 6) is -4.83. The monoisotopic (exact) mass is 316 g/mol. The fourth-order valence-electron chi connectivity index (χ4n) is 1.54. The van der Waals surface area contributed by atoms with E-state index in [1.165, 1.54) is 0 Å². The molecular weight excluding hydrogens is 308 g/mol. The highest BCUT2D eigenvalue weighted by molar-refractivity contribution is 6.04. The number of ether oxygens (including phenoxy) is 1. The van der Waals surface area contributed by atoms with Crippen molar-refractivity contribution in [3.8, 4) is 0 Å². The van der Waals surface area contributed by atoms with Crippen LogP contribution in [-0.4, -0.2) is 44.1 Å². The van der Waals surface area contributed by atoms with Crippen LogP contribution in [0.15, 0.2) is 36.9 Å². The molecule has 0 amide bonds. The van der Waals surface area contributed by atoms with Crippen LogP contribution in [0, 0.1) is 0 Å². The molecule has 2 heterocycles. The van der Waals surface area contributed by atoms with Gasteiger partial charge >= 0.3 is 23.9 Å². The van der Waals surface area contributed by atoms with Crippen molar-refractivity contribution >= 4 is 23.9 Å². The van der Waals surface area contributed by atoms with Gasteiger partial charge in [0.25, 0.3) is 0 Å². The first-order valence-corrected chi connectivity index (χ1v) is 6.01. The lowest BCUT2D eigenvalue weighted by molar-refractivity contribution is 0.0397. The van der Waals surface area contributed by atoms with Crippen LogP contribution in [0.2, 0.25) is 0 Å². The SMILES string of the molecule is O=C(O)c1cncc(C(=O)OC(=O)c2cncc(C(=O)O)c2)c1. The predicted octanol–water partition coefficient (Wildman–Crippen LogP) is 0.870. The van der Waals surface area contributed by atoms with E-state index in [4.69, 9.17) is 10.2 Å². The lowest BCUT2D eigenvalue weighted by Gasteiger charge is -2.04. The Morgan fingerprint density at radius 1 is 0.696 bits per heavy atom. The molecule has 2 N–H and O–H groups in total. The number of hydrogen-bond acceptors (Lipinski definition) is 7. The molecule has 0 saturated heterocycles. The zero-order valence-corrected chi connectivity index (χ0v) is 11.3. The average Bonchev–Trinajstić information content (AvgIpc) is 2.54.